The van der Waals surface area contributed by atoms with Crippen molar-refractivity contribution in [3.63, 3.8) is 0 Å². The zero-order valence-corrected chi connectivity index (χ0v) is 14.8. The first kappa shape index (κ1) is 20.3. The third kappa shape index (κ3) is 6.76. The number of nitrogens with zero attached hydrogens (tertiary/aromatic N) is 1. The maximum absolute atomic E-state index is 11.7. The molecule has 0 rings (SSSR count). The molecule has 0 heterocycles. The van der Waals surface area contributed by atoms with Gasteiger partial charge in [-0.2, -0.15) is 0 Å². The average Bonchev–Trinajstić information content (AvgIpc) is 2.37. The lowest BCUT2D eigenvalue weighted by Crippen LogP contribution is -2.56. The van der Waals surface area contributed by atoms with Crippen LogP contribution < -0.4 is 5.32 Å². The highest BCUT2D eigenvalue weighted by atomic mass is 16.5. The van der Waals surface area contributed by atoms with E-state index in [2.05, 4.69) is 31.0 Å². The molecule has 0 aliphatic rings. The first-order chi connectivity index (χ1) is 9.67. The Morgan fingerprint density at radius 1 is 1.29 bits per heavy atom. The van der Waals surface area contributed by atoms with E-state index in [-0.39, 0.29) is 12.1 Å². The molecule has 3 atom stereocenters. The van der Waals surface area contributed by atoms with Crippen LogP contribution in [0.1, 0.15) is 54.4 Å². The van der Waals surface area contributed by atoms with E-state index >= 15 is 0 Å². The van der Waals surface area contributed by atoms with Crippen molar-refractivity contribution >= 4 is 5.97 Å². The summed E-state index contributed by atoms with van der Waals surface area (Å²) in [5, 5.41) is 12.8. The molecule has 0 fully saturated rings. The minimum atomic E-state index is -0.910. The SMILES string of the molecule is CCC(C)N(CCOC)C(C)CC(C)(NC(C)C)C(=O)O. The van der Waals surface area contributed by atoms with E-state index in [1.165, 1.54) is 0 Å². The van der Waals surface area contributed by atoms with Crippen LogP contribution in [0.25, 0.3) is 0 Å². The highest BCUT2D eigenvalue weighted by Gasteiger charge is 2.37. The fourth-order valence-electron chi connectivity index (χ4n) is 2.86. The third-order valence-corrected chi connectivity index (χ3v) is 4.06. The Morgan fingerprint density at radius 2 is 1.86 bits per heavy atom. The summed E-state index contributed by atoms with van der Waals surface area (Å²) >= 11 is 0. The summed E-state index contributed by atoms with van der Waals surface area (Å²) in [6.07, 6.45) is 1.60. The molecule has 0 aliphatic heterocycles. The standard InChI is InChI=1S/C16H34N2O3/c1-8-13(4)18(9-10-21-7)14(5)11-16(6,15(19)20)17-12(2)3/h12-14,17H,8-11H2,1-7H3,(H,19,20). The molecule has 5 heteroatoms. The van der Waals surface area contributed by atoms with E-state index in [0.29, 0.717) is 19.1 Å². The molecule has 0 aromatic carbocycles. The highest BCUT2D eigenvalue weighted by Crippen LogP contribution is 2.20. The Hall–Kier alpha value is -0.650. The molecule has 0 amide bonds. The molecule has 2 N–H and O–H groups in total. The normalized spacial score (nSPS) is 17.8. The molecule has 0 spiro atoms. The third-order valence-electron chi connectivity index (χ3n) is 4.06. The molecule has 126 valence electrons. The van der Waals surface area contributed by atoms with Gasteiger partial charge in [0.1, 0.15) is 5.54 Å². The second-order valence-corrected chi connectivity index (χ2v) is 6.48. The van der Waals surface area contributed by atoms with Crippen molar-refractivity contribution in [2.45, 2.75) is 78.0 Å². The first-order valence-electron chi connectivity index (χ1n) is 7.93. The fraction of sp³-hybridized carbons (Fsp3) is 0.938. The predicted molar refractivity (Wildman–Crippen MR) is 86.7 cm³/mol. The van der Waals surface area contributed by atoms with Crippen LogP contribution in [-0.2, 0) is 9.53 Å². The van der Waals surface area contributed by atoms with E-state index in [1.807, 2.05) is 13.8 Å². The average molecular weight is 302 g/mol. The maximum atomic E-state index is 11.7. The number of rotatable bonds is 11. The van der Waals surface area contributed by atoms with E-state index in [0.717, 1.165) is 13.0 Å². The van der Waals surface area contributed by atoms with Crippen LogP contribution in [0.3, 0.4) is 0 Å². The van der Waals surface area contributed by atoms with Crippen molar-refractivity contribution in [1.29, 1.82) is 0 Å². The number of carboxylic acid groups (broad SMARTS) is 1. The van der Waals surface area contributed by atoms with Gasteiger partial charge in [0.15, 0.2) is 0 Å². The van der Waals surface area contributed by atoms with Crippen LogP contribution in [0.4, 0.5) is 0 Å². The molecular formula is C16H34N2O3. The molecule has 0 aliphatic carbocycles. The number of hydrogen-bond acceptors (Lipinski definition) is 4. The van der Waals surface area contributed by atoms with Crippen LogP contribution in [-0.4, -0.2) is 59.9 Å². The highest BCUT2D eigenvalue weighted by molar-refractivity contribution is 5.78. The Labute approximate surface area is 130 Å². The molecular weight excluding hydrogens is 268 g/mol. The van der Waals surface area contributed by atoms with Gasteiger partial charge in [0.2, 0.25) is 0 Å². The summed E-state index contributed by atoms with van der Waals surface area (Å²) in [6.45, 7) is 13.6. The number of carbonyl (C=O) groups is 1. The predicted octanol–water partition coefficient (Wildman–Crippen LogP) is 2.35. The van der Waals surface area contributed by atoms with Crippen LogP contribution in [0.5, 0.6) is 0 Å². The van der Waals surface area contributed by atoms with Crippen LogP contribution in [0.2, 0.25) is 0 Å². The Balaban J connectivity index is 4.97. The number of methoxy groups -OCH3 is 1. The van der Waals surface area contributed by atoms with E-state index in [4.69, 9.17) is 4.74 Å². The van der Waals surface area contributed by atoms with Gasteiger partial charge in [-0.15, -0.1) is 0 Å². The number of hydrogen-bond donors (Lipinski definition) is 2. The van der Waals surface area contributed by atoms with E-state index in [1.54, 1.807) is 14.0 Å². The van der Waals surface area contributed by atoms with Crippen molar-refractivity contribution in [1.82, 2.24) is 10.2 Å². The molecule has 0 saturated heterocycles. The summed E-state index contributed by atoms with van der Waals surface area (Å²) in [5.74, 6) is -0.793. The van der Waals surface area contributed by atoms with Crippen molar-refractivity contribution in [3.05, 3.63) is 0 Å². The minimum absolute atomic E-state index is 0.134. The fourth-order valence-corrected chi connectivity index (χ4v) is 2.86. The Morgan fingerprint density at radius 3 is 2.24 bits per heavy atom. The van der Waals surface area contributed by atoms with Crippen molar-refractivity contribution in [3.8, 4) is 0 Å². The van der Waals surface area contributed by atoms with Crippen molar-refractivity contribution in [2.24, 2.45) is 0 Å². The van der Waals surface area contributed by atoms with Crippen LogP contribution >= 0.6 is 0 Å². The molecule has 3 unspecified atom stereocenters. The number of nitrogens with one attached hydrogen (secondary N) is 1. The molecule has 0 aromatic heterocycles. The summed E-state index contributed by atoms with van der Waals surface area (Å²) < 4.78 is 5.19. The van der Waals surface area contributed by atoms with Gasteiger partial charge in [0, 0.05) is 31.8 Å². The smallest absolute Gasteiger partial charge is 0.323 e. The second kappa shape index (κ2) is 9.38. The van der Waals surface area contributed by atoms with Gasteiger partial charge in [-0.25, -0.2) is 0 Å². The number of carboxylic acids is 1. The zero-order chi connectivity index (χ0) is 16.6. The zero-order valence-electron chi connectivity index (χ0n) is 14.8. The van der Waals surface area contributed by atoms with Gasteiger partial charge < -0.3 is 9.84 Å². The van der Waals surface area contributed by atoms with Crippen LogP contribution in [0.15, 0.2) is 0 Å². The van der Waals surface area contributed by atoms with Gasteiger partial charge in [0.05, 0.1) is 6.61 Å². The van der Waals surface area contributed by atoms with Gasteiger partial charge in [0.25, 0.3) is 0 Å². The van der Waals surface area contributed by atoms with Crippen molar-refractivity contribution < 1.29 is 14.6 Å². The summed E-state index contributed by atoms with van der Waals surface area (Å²) in [6, 6.07) is 0.712. The van der Waals surface area contributed by atoms with Gasteiger partial charge in [-0.1, -0.05) is 6.92 Å². The first-order valence-corrected chi connectivity index (χ1v) is 7.93. The molecule has 5 nitrogen and oxygen atoms in total. The van der Waals surface area contributed by atoms with E-state index < -0.39 is 11.5 Å². The lowest BCUT2D eigenvalue weighted by atomic mass is 9.91. The van der Waals surface area contributed by atoms with Crippen LogP contribution in [0, 0.1) is 0 Å². The van der Waals surface area contributed by atoms with Gasteiger partial charge in [-0.3, -0.25) is 15.0 Å². The van der Waals surface area contributed by atoms with Crippen molar-refractivity contribution in [2.75, 3.05) is 20.3 Å². The molecule has 0 bridgehead atoms. The number of ether oxygens (including phenoxy) is 1. The molecule has 21 heavy (non-hydrogen) atoms. The lowest BCUT2D eigenvalue weighted by Gasteiger charge is -2.39. The maximum Gasteiger partial charge on any atom is 0.323 e. The second-order valence-electron chi connectivity index (χ2n) is 6.48. The summed E-state index contributed by atoms with van der Waals surface area (Å²) in [5.41, 5.74) is -0.910. The van der Waals surface area contributed by atoms with Gasteiger partial charge >= 0.3 is 5.97 Å². The largest absolute Gasteiger partial charge is 0.480 e. The van der Waals surface area contributed by atoms with E-state index in [9.17, 15) is 9.90 Å². The monoisotopic (exact) mass is 302 g/mol. The molecule has 0 aromatic rings. The Kier molecular flexibility index (Phi) is 9.09. The minimum Gasteiger partial charge on any atom is -0.480 e. The summed E-state index contributed by atoms with van der Waals surface area (Å²) in [4.78, 5) is 14.0. The molecule has 0 saturated carbocycles. The number of aliphatic carboxylic acids is 1. The summed E-state index contributed by atoms with van der Waals surface area (Å²) in [7, 11) is 1.70. The topological polar surface area (TPSA) is 61.8 Å². The lowest BCUT2D eigenvalue weighted by molar-refractivity contribution is -0.145. The van der Waals surface area contributed by atoms with Gasteiger partial charge in [-0.05, 0) is 47.5 Å². The molecule has 0 radical (unpaired) electrons. The quantitative estimate of drug-likeness (QED) is 0.613. The Bertz CT molecular complexity index is 310.